The van der Waals surface area contributed by atoms with Crippen LogP contribution in [0.2, 0.25) is 0 Å². The smallest absolute Gasteiger partial charge is 0.229 e. The normalized spacial score (nSPS) is 21.5. The number of hydrogen-bond acceptors (Lipinski definition) is 5. The van der Waals surface area contributed by atoms with Crippen molar-refractivity contribution in [3.63, 3.8) is 0 Å². The van der Waals surface area contributed by atoms with Crippen LogP contribution in [-0.2, 0) is 11.2 Å². The molecule has 1 aliphatic carbocycles. The van der Waals surface area contributed by atoms with Gasteiger partial charge in [-0.1, -0.05) is 5.16 Å². The van der Waals surface area contributed by atoms with Gasteiger partial charge in [-0.05, 0) is 44.7 Å². The summed E-state index contributed by atoms with van der Waals surface area (Å²) in [6, 6.07) is 4.10. The molecule has 2 aromatic rings. The molecule has 1 saturated heterocycles. The SMILES string of the molecule is Cc1ccc(CC(=O)N2CCCC2c2noc(C3CC3)n2)s1. The number of thiophene rings is 1. The van der Waals surface area contributed by atoms with Gasteiger partial charge in [0.15, 0.2) is 5.82 Å². The molecular weight excluding hydrogens is 298 g/mol. The molecule has 22 heavy (non-hydrogen) atoms. The van der Waals surface area contributed by atoms with E-state index in [0.29, 0.717) is 18.2 Å². The maximum Gasteiger partial charge on any atom is 0.229 e. The third-order valence-corrected chi connectivity index (χ3v) is 5.38. The predicted molar refractivity (Wildman–Crippen MR) is 82.7 cm³/mol. The van der Waals surface area contributed by atoms with Crippen LogP contribution in [-0.4, -0.2) is 27.5 Å². The van der Waals surface area contributed by atoms with E-state index in [2.05, 4.69) is 23.1 Å². The maximum atomic E-state index is 12.6. The van der Waals surface area contributed by atoms with Gasteiger partial charge < -0.3 is 9.42 Å². The summed E-state index contributed by atoms with van der Waals surface area (Å²) in [6.07, 6.45) is 4.70. The van der Waals surface area contributed by atoms with Crippen molar-refractivity contribution in [3.8, 4) is 0 Å². The molecular formula is C16H19N3O2S. The summed E-state index contributed by atoms with van der Waals surface area (Å²) in [6.45, 7) is 2.86. The number of likely N-dealkylation sites (tertiary alicyclic amines) is 1. The number of aryl methyl sites for hydroxylation is 1. The minimum absolute atomic E-state index is 0.00944. The second-order valence-corrected chi connectivity index (χ2v) is 7.57. The van der Waals surface area contributed by atoms with Crippen molar-refractivity contribution in [3.05, 3.63) is 33.6 Å². The Labute approximate surface area is 133 Å². The topological polar surface area (TPSA) is 59.2 Å². The molecule has 0 radical (unpaired) electrons. The van der Waals surface area contributed by atoms with E-state index in [1.54, 1.807) is 11.3 Å². The molecule has 2 aliphatic rings. The van der Waals surface area contributed by atoms with Crippen LogP contribution >= 0.6 is 11.3 Å². The monoisotopic (exact) mass is 317 g/mol. The first-order valence-electron chi connectivity index (χ1n) is 7.89. The van der Waals surface area contributed by atoms with Crippen LogP contribution in [0.5, 0.6) is 0 Å². The van der Waals surface area contributed by atoms with Crippen molar-refractivity contribution in [2.24, 2.45) is 0 Å². The highest BCUT2D eigenvalue weighted by atomic mass is 32.1. The molecule has 2 aromatic heterocycles. The molecule has 0 spiro atoms. The summed E-state index contributed by atoms with van der Waals surface area (Å²) in [5.74, 6) is 2.07. The molecule has 0 bridgehead atoms. The molecule has 1 unspecified atom stereocenters. The van der Waals surface area contributed by atoms with Crippen LogP contribution in [0.4, 0.5) is 0 Å². The Balaban J connectivity index is 1.48. The first-order valence-corrected chi connectivity index (χ1v) is 8.70. The Morgan fingerprint density at radius 2 is 2.27 bits per heavy atom. The number of aromatic nitrogens is 2. The fourth-order valence-corrected chi connectivity index (χ4v) is 3.92. The molecule has 2 fully saturated rings. The van der Waals surface area contributed by atoms with Crippen molar-refractivity contribution in [2.75, 3.05) is 6.54 Å². The Kier molecular flexibility index (Phi) is 3.48. The van der Waals surface area contributed by atoms with Crippen LogP contribution in [0.3, 0.4) is 0 Å². The molecule has 1 saturated carbocycles. The quantitative estimate of drug-likeness (QED) is 0.868. The lowest BCUT2D eigenvalue weighted by atomic mass is 10.2. The predicted octanol–water partition coefficient (Wildman–Crippen LogP) is 3.22. The zero-order chi connectivity index (χ0) is 15.1. The first kappa shape index (κ1) is 13.9. The molecule has 3 heterocycles. The third kappa shape index (κ3) is 2.67. The van der Waals surface area contributed by atoms with E-state index in [4.69, 9.17) is 4.52 Å². The Morgan fingerprint density at radius 3 is 3.00 bits per heavy atom. The molecule has 5 nitrogen and oxygen atoms in total. The van der Waals surface area contributed by atoms with Crippen LogP contribution in [0.15, 0.2) is 16.7 Å². The van der Waals surface area contributed by atoms with Gasteiger partial charge in [0, 0.05) is 22.2 Å². The standard InChI is InChI=1S/C16H19N3O2S/c1-10-4-7-12(22-10)9-14(20)19-8-2-3-13(19)15-17-16(21-18-15)11-5-6-11/h4,7,11,13H,2-3,5-6,8-9H2,1H3. The fourth-order valence-electron chi connectivity index (χ4n) is 3.04. The van der Waals surface area contributed by atoms with Gasteiger partial charge in [0.05, 0.1) is 12.5 Å². The summed E-state index contributed by atoms with van der Waals surface area (Å²) >= 11 is 1.69. The number of carbonyl (C=O) groups is 1. The minimum Gasteiger partial charge on any atom is -0.339 e. The molecule has 0 aromatic carbocycles. The molecule has 1 aliphatic heterocycles. The van der Waals surface area contributed by atoms with E-state index in [1.165, 1.54) is 4.88 Å². The van der Waals surface area contributed by atoms with Crippen molar-refractivity contribution >= 4 is 17.2 Å². The highest BCUT2D eigenvalue weighted by Crippen LogP contribution is 2.40. The lowest BCUT2D eigenvalue weighted by Gasteiger charge is -2.21. The lowest BCUT2D eigenvalue weighted by molar-refractivity contribution is -0.131. The Morgan fingerprint density at radius 1 is 1.41 bits per heavy atom. The van der Waals surface area contributed by atoms with Crippen LogP contribution in [0, 0.1) is 6.92 Å². The van der Waals surface area contributed by atoms with Crippen molar-refractivity contribution in [1.82, 2.24) is 15.0 Å². The lowest BCUT2D eigenvalue weighted by Crippen LogP contribution is -2.32. The Bertz CT molecular complexity index is 689. The molecule has 6 heteroatoms. The molecule has 1 atom stereocenters. The number of carbonyl (C=O) groups excluding carboxylic acids is 1. The van der Waals surface area contributed by atoms with E-state index in [-0.39, 0.29) is 11.9 Å². The van der Waals surface area contributed by atoms with E-state index >= 15 is 0 Å². The third-order valence-electron chi connectivity index (χ3n) is 4.38. The van der Waals surface area contributed by atoms with Gasteiger partial charge in [-0.2, -0.15) is 4.98 Å². The van der Waals surface area contributed by atoms with Crippen LogP contribution in [0.25, 0.3) is 0 Å². The maximum absolute atomic E-state index is 12.6. The van der Waals surface area contributed by atoms with E-state index in [0.717, 1.165) is 43.0 Å². The van der Waals surface area contributed by atoms with Gasteiger partial charge in [-0.15, -0.1) is 11.3 Å². The van der Waals surface area contributed by atoms with Crippen molar-refractivity contribution in [2.45, 2.75) is 51.0 Å². The summed E-state index contributed by atoms with van der Waals surface area (Å²) in [5, 5.41) is 4.13. The van der Waals surface area contributed by atoms with Crippen molar-refractivity contribution in [1.29, 1.82) is 0 Å². The van der Waals surface area contributed by atoms with Crippen molar-refractivity contribution < 1.29 is 9.32 Å². The van der Waals surface area contributed by atoms with Gasteiger partial charge in [0.2, 0.25) is 11.8 Å². The van der Waals surface area contributed by atoms with E-state index in [1.807, 2.05) is 11.0 Å². The molecule has 116 valence electrons. The zero-order valence-electron chi connectivity index (χ0n) is 12.6. The second-order valence-electron chi connectivity index (χ2n) is 6.20. The van der Waals surface area contributed by atoms with Crippen LogP contribution in [0.1, 0.15) is 59.1 Å². The highest BCUT2D eigenvalue weighted by molar-refractivity contribution is 7.12. The van der Waals surface area contributed by atoms with Gasteiger partial charge in [0.1, 0.15) is 0 Å². The number of hydrogen-bond donors (Lipinski definition) is 0. The van der Waals surface area contributed by atoms with Gasteiger partial charge in [-0.3, -0.25) is 4.79 Å². The zero-order valence-corrected chi connectivity index (χ0v) is 13.4. The summed E-state index contributed by atoms with van der Waals surface area (Å²) in [4.78, 5) is 21.4. The van der Waals surface area contributed by atoms with Gasteiger partial charge >= 0.3 is 0 Å². The summed E-state index contributed by atoms with van der Waals surface area (Å²) < 4.78 is 5.35. The second kappa shape index (κ2) is 5.50. The first-order chi connectivity index (χ1) is 10.7. The van der Waals surface area contributed by atoms with Gasteiger partial charge in [-0.25, -0.2) is 0 Å². The number of nitrogens with zero attached hydrogens (tertiary/aromatic N) is 3. The van der Waals surface area contributed by atoms with E-state index in [9.17, 15) is 4.79 Å². The van der Waals surface area contributed by atoms with Crippen LogP contribution < -0.4 is 0 Å². The average molecular weight is 317 g/mol. The average Bonchev–Trinajstić information content (AvgIpc) is 2.93. The summed E-state index contributed by atoms with van der Waals surface area (Å²) in [7, 11) is 0. The highest BCUT2D eigenvalue weighted by Gasteiger charge is 2.36. The number of rotatable bonds is 4. The molecule has 4 rings (SSSR count). The largest absolute Gasteiger partial charge is 0.339 e. The minimum atomic E-state index is -0.00944. The van der Waals surface area contributed by atoms with E-state index < -0.39 is 0 Å². The Hall–Kier alpha value is -1.69. The molecule has 0 N–H and O–H groups in total. The number of amides is 1. The molecule has 1 amide bonds. The summed E-state index contributed by atoms with van der Waals surface area (Å²) in [5.41, 5.74) is 0. The van der Waals surface area contributed by atoms with Gasteiger partial charge in [0.25, 0.3) is 0 Å². The fraction of sp³-hybridized carbons (Fsp3) is 0.562.